The van der Waals surface area contributed by atoms with Crippen LogP contribution in [0.5, 0.6) is 0 Å². The molecule has 1 saturated heterocycles. The maximum atomic E-state index is 12.1. The van der Waals surface area contributed by atoms with Gasteiger partial charge in [0.25, 0.3) is 5.56 Å². The standard InChI is InChI=1S/C15H24N4O2/c1-9(2)6-13-18-14(12(8-16)15(20)19-13)17-11-4-5-21-10(3)7-11/h8-11,16H,4-7H2,1-3H3,(H2,17,18,19,20). The van der Waals surface area contributed by atoms with E-state index in [0.29, 0.717) is 36.2 Å². The maximum Gasteiger partial charge on any atom is 0.261 e. The minimum atomic E-state index is -0.252. The average Bonchev–Trinajstić information content (AvgIpc) is 2.37. The van der Waals surface area contributed by atoms with Crippen molar-refractivity contribution in [2.75, 3.05) is 11.9 Å². The summed E-state index contributed by atoms with van der Waals surface area (Å²) < 4.78 is 5.53. The van der Waals surface area contributed by atoms with Gasteiger partial charge in [-0.15, -0.1) is 0 Å². The van der Waals surface area contributed by atoms with Crippen LogP contribution >= 0.6 is 0 Å². The van der Waals surface area contributed by atoms with Crippen LogP contribution in [-0.2, 0) is 11.2 Å². The Hall–Kier alpha value is -1.69. The number of H-pyrrole nitrogens is 1. The molecular weight excluding hydrogens is 268 g/mol. The molecule has 6 nitrogen and oxygen atoms in total. The highest BCUT2D eigenvalue weighted by atomic mass is 16.5. The van der Waals surface area contributed by atoms with Crippen LogP contribution < -0.4 is 10.9 Å². The van der Waals surface area contributed by atoms with Gasteiger partial charge < -0.3 is 20.4 Å². The number of aromatic nitrogens is 2. The van der Waals surface area contributed by atoms with Gasteiger partial charge in [-0.2, -0.15) is 0 Å². The van der Waals surface area contributed by atoms with E-state index in [4.69, 9.17) is 10.1 Å². The van der Waals surface area contributed by atoms with E-state index in [1.54, 1.807) is 0 Å². The van der Waals surface area contributed by atoms with Crippen LogP contribution in [0, 0.1) is 11.3 Å². The zero-order chi connectivity index (χ0) is 15.4. The molecule has 0 amide bonds. The summed E-state index contributed by atoms with van der Waals surface area (Å²) in [5.41, 5.74) is 0.0416. The van der Waals surface area contributed by atoms with Crippen molar-refractivity contribution >= 4 is 12.0 Å². The maximum absolute atomic E-state index is 12.1. The van der Waals surface area contributed by atoms with Gasteiger partial charge in [-0.3, -0.25) is 4.79 Å². The first kappa shape index (κ1) is 15.7. The topological polar surface area (TPSA) is 90.9 Å². The zero-order valence-electron chi connectivity index (χ0n) is 12.9. The molecule has 2 atom stereocenters. The number of hydrogen-bond donors (Lipinski definition) is 3. The third kappa shape index (κ3) is 4.14. The summed E-state index contributed by atoms with van der Waals surface area (Å²) in [5.74, 6) is 1.60. The summed E-state index contributed by atoms with van der Waals surface area (Å²) in [5, 5.41) is 10.8. The van der Waals surface area contributed by atoms with Crippen molar-refractivity contribution in [3.8, 4) is 0 Å². The number of nitrogens with zero attached hydrogens (tertiary/aromatic N) is 1. The molecule has 116 valence electrons. The van der Waals surface area contributed by atoms with Gasteiger partial charge >= 0.3 is 0 Å². The number of nitrogens with one attached hydrogen (secondary N) is 3. The van der Waals surface area contributed by atoms with Gasteiger partial charge in [0, 0.05) is 25.3 Å². The molecule has 1 aliphatic heterocycles. The number of rotatable bonds is 5. The minimum Gasteiger partial charge on any atom is -0.378 e. The van der Waals surface area contributed by atoms with Crippen LogP contribution in [0.1, 0.15) is 45.0 Å². The molecule has 1 fully saturated rings. The molecule has 2 heterocycles. The molecule has 3 N–H and O–H groups in total. The van der Waals surface area contributed by atoms with Crippen LogP contribution in [0.2, 0.25) is 0 Å². The first-order chi connectivity index (χ1) is 9.99. The quantitative estimate of drug-likeness (QED) is 0.723. The second kappa shape index (κ2) is 6.85. The second-order valence-electron chi connectivity index (χ2n) is 6.06. The monoisotopic (exact) mass is 292 g/mol. The summed E-state index contributed by atoms with van der Waals surface area (Å²) in [6, 6.07) is 0.230. The Balaban J connectivity index is 2.25. The highest BCUT2D eigenvalue weighted by Crippen LogP contribution is 2.18. The lowest BCUT2D eigenvalue weighted by atomic mass is 10.0. The molecule has 1 aromatic rings. The van der Waals surface area contributed by atoms with E-state index in [2.05, 4.69) is 29.1 Å². The third-order valence-electron chi connectivity index (χ3n) is 3.58. The van der Waals surface area contributed by atoms with Crippen LogP contribution in [-0.4, -0.2) is 34.9 Å². The van der Waals surface area contributed by atoms with Gasteiger partial charge in [-0.1, -0.05) is 13.8 Å². The van der Waals surface area contributed by atoms with Crippen LogP contribution in [0.15, 0.2) is 4.79 Å². The van der Waals surface area contributed by atoms with Crippen molar-refractivity contribution < 1.29 is 4.74 Å². The van der Waals surface area contributed by atoms with Crippen LogP contribution in [0.3, 0.4) is 0 Å². The molecule has 0 spiro atoms. The van der Waals surface area contributed by atoms with Gasteiger partial charge in [-0.05, 0) is 25.7 Å². The lowest BCUT2D eigenvalue weighted by Crippen LogP contribution is -2.34. The summed E-state index contributed by atoms with van der Waals surface area (Å²) in [6.45, 7) is 6.91. The van der Waals surface area contributed by atoms with E-state index in [9.17, 15) is 4.79 Å². The van der Waals surface area contributed by atoms with E-state index < -0.39 is 0 Å². The first-order valence-electron chi connectivity index (χ1n) is 7.51. The molecule has 2 unspecified atom stereocenters. The molecule has 1 aromatic heterocycles. The van der Waals surface area contributed by atoms with Gasteiger partial charge in [-0.25, -0.2) is 4.98 Å². The van der Waals surface area contributed by atoms with Crippen molar-refractivity contribution in [3.63, 3.8) is 0 Å². The first-order valence-corrected chi connectivity index (χ1v) is 7.51. The van der Waals surface area contributed by atoms with Crippen molar-refractivity contribution in [1.82, 2.24) is 9.97 Å². The number of anilines is 1. The van der Waals surface area contributed by atoms with Crippen LogP contribution in [0.4, 0.5) is 5.82 Å². The minimum absolute atomic E-state index is 0.205. The van der Waals surface area contributed by atoms with Crippen molar-refractivity contribution in [1.29, 1.82) is 5.41 Å². The lowest BCUT2D eigenvalue weighted by molar-refractivity contribution is 0.0231. The van der Waals surface area contributed by atoms with Crippen molar-refractivity contribution in [2.24, 2.45) is 5.92 Å². The normalized spacial score (nSPS) is 22.3. The van der Waals surface area contributed by atoms with Gasteiger partial charge in [0.05, 0.1) is 11.7 Å². The Kier molecular flexibility index (Phi) is 5.12. The van der Waals surface area contributed by atoms with Gasteiger partial charge in [0.15, 0.2) is 0 Å². The second-order valence-corrected chi connectivity index (χ2v) is 6.06. The number of ether oxygens (including phenoxy) is 1. The summed E-state index contributed by atoms with van der Waals surface area (Å²) >= 11 is 0. The van der Waals surface area contributed by atoms with E-state index in [0.717, 1.165) is 19.1 Å². The van der Waals surface area contributed by atoms with E-state index in [-0.39, 0.29) is 17.7 Å². The summed E-state index contributed by atoms with van der Waals surface area (Å²) in [6.07, 6.45) is 3.75. The predicted octanol–water partition coefficient (Wildman–Crippen LogP) is 1.95. The van der Waals surface area contributed by atoms with E-state index in [1.165, 1.54) is 0 Å². The molecule has 0 saturated carbocycles. The van der Waals surface area contributed by atoms with E-state index in [1.807, 2.05) is 6.92 Å². The SMILES string of the molecule is CC(C)Cc1nc(NC2CCOC(C)C2)c(C=N)c(=O)[nH]1. The lowest BCUT2D eigenvalue weighted by Gasteiger charge is -2.28. The Morgan fingerprint density at radius 2 is 2.33 bits per heavy atom. The fourth-order valence-corrected chi connectivity index (χ4v) is 2.58. The molecule has 0 bridgehead atoms. The van der Waals surface area contributed by atoms with Gasteiger partial charge in [0.1, 0.15) is 11.6 Å². The highest BCUT2D eigenvalue weighted by molar-refractivity contribution is 5.83. The fraction of sp³-hybridized carbons (Fsp3) is 0.667. The van der Waals surface area contributed by atoms with E-state index >= 15 is 0 Å². The molecule has 2 rings (SSSR count). The summed E-state index contributed by atoms with van der Waals surface area (Å²) in [7, 11) is 0. The smallest absolute Gasteiger partial charge is 0.261 e. The number of hydrogen-bond acceptors (Lipinski definition) is 5. The average molecular weight is 292 g/mol. The Labute approximate surface area is 124 Å². The predicted molar refractivity (Wildman–Crippen MR) is 83.3 cm³/mol. The van der Waals surface area contributed by atoms with Crippen molar-refractivity contribution in [2.45, 2.75) is 52.2 Å². The molecule has 21 heavy (non-hydrogen) atoms. The molecule has 0 aromatic carbocycles. The summed E-state index contributed by atoms with van der Waals surface area (Å²) in [4.78, 5) is 19.3. The molecule has 0 aliphatic carbocycles. The molecule has 0 radical (unpaired) electrons. The largest absolute Gasteiger partial charge is 0.378 e. The van der Waals surface area contributed by atoms with Crippen LogP contribution in [0.25, 0.3) is 0 Å². The highest BCUT2D eigenvalue weighted by Gasteiger charge is 2.21. The molecular formula is C15H24N4O2. The van der Waals surface area contributed by atoms with Crippen molar-refractivity contribution in [3.05, 3.63) is 21.7 Å². The Bertz CT molecular complexity index is 553. The third-order valence-corrected chi connectivity index (χ3v) is 3.58. The van der Waals surface area contributed by atoms with Gasteiger partial charge in [0.2, 0.25) is 0 Å². The Morgan fingerprint density at radius 3 is 2.95 bits per heavy atom. The zero-order valence-corrected chi connectivity index (χ0v) is 12.9. The fourth-order valence-electron chi connectivity index (χ4n) is 2.58. The molecule has 6 heteroatoms. The number of aromatic amines is 1. The molecule has 1 aliphatic rings. The Morgan fingerprint density at radius 1 is 1.57 bits per heavy atom.